The highest BCUT2D eigenvalue weighted by Crippen LogP contribution is 2.26. The van der Waals surface area contributed by atoms with E-state index in [9.17, 15) is 14.7 Å². The summed E-state index contributed by atoms with van der Waals surface area (Å²) in [6, 6.07) is 13.6. The van der Waals surface area contributed by atoms with Gasteiger partial charge in [0, 0.05) is 25.3 Å². The molecular weight excluding hydrogens is 480 g/mol. The second-order valence-electron chi connectivity index (χ2n) is 10.3. The number of urea groups is 1. The first-order valence-corrected chi connectivity index (χ1v) is 13.9. The zero-order valence-electron chi connectivity index (χ0n) is 23.6. The summed E-state index contributed by atoms with van der Waals surface area (Å²) < 4.78 is 12.4. The summed E-state index contributed by atoms with van der Waals surface area (Å²) in [6.07, 6.45) is 5.55. The van der Waals surface area contributed by atoms with Gasteiger partial charge in [-0.1, -0.05) is 50.2 Å². The van der Waals surface area contributed by atoms with Crippen LogP contribution in [0, 0.1) is 13.8 Å². The van der Waals surface area contributed by atoms with Gasteiger partial charge in [0.1, 0.15) is 0 Å². The van der Waals surface area contributed by atoms with Gasteiger partial charge in [-0.3, -0.25) is 4.90 Å². The van der Waals surface area contributed by atoms with Crippen LogP contribution in [-0.2, 0) is 16.1 Å². The Morgan fingerprint density at radius 1 is 0.974 bits per heavy atom. The number of aryl methyl sites for hydroxylation is 2. The number of carbonyl (C=O) groups excluding carboxylic acids is 1. The number of benzene rings is 2. The summed E-state index contributed by atoms with van der Waals surface area (Å²) in [6.45, 7) is 9.37. The summed E-state index contributed by atoms with van der Waals surface area (Å²) in [5.74, 6) is -0.920. The number of amides is 2. The molecule has 0 bridgehead atoms. The summed E-state index contributed by atoms with van der Waals surface area (Å²) in [5.41, 5.74) is 3.77. The van der Waals surface area contributed by atoms with Crippen molar-refractivity contribution >= 4 is 17.7 Å². The third-order valence-corrected chi connectivity index (χ3v) is 7.70. The van der Waals surface area contributed by atoms with Crippen LogP contribution >= 0.6 is 0 Å². The fourth-order valence-electron chi connectivity index (χ4n) is 5.48. The Balaban J connectivity index is 1.56. The molecule has 7 nitrogen and oxygen atoms in total. The number of para-hydroxylation sites is 1. The van der Waals surface area contributed by atoms with Crippen LogP contribution in [0.5, 0.6) is 0 Å². The van der Waals surface area contributed by atoms with Crippen molar-refractivity contribution in [1.29, 1.82) is 0 Å². The average molecular weight is 525 g/mol. The fraction of sp³-hybridized carbons (Fsp3) is 0.548. The Labute approximate surface area is 227 Å². The van der Waals surface area contributed by atoms with Gasteiger partial charge in [-0.15, -0.1) is 0 Å². The van der Waals surface area contributed by atoms with Crippen LogP contribution < -0.4 is 4.90 Å². The zero-order valence-corrected chi connectivity index (χ0v) is 23.6. The topological polar surface area (TPSA) is 79.3 Å². The maximum absolute atomic E-state index is 13.5. The van der Waals surface area contributed by atoms with E-state index in [0.29, 0.717) is 24.3 Å². The quantitative estimate of drug-likeness (QED) is 0.339. The lowest BCUT2D eigenvalue weighted by Crippen LogP contribution is -2.48. The molecule has 208 valence electrons. The molecule has 38 heavy (non-hydrogen) atoms. The van der Waals surface area contributed by atoms with E-state index in [1.54, 1.807) is 4.90 Å². The monoisotopic (exact) mass is 524 g/mol. The van der Waals surface area contributed by atoms with Crippen LogP contribution in [0.2, 0.25) is 0 Å². The highest BCUT2D eigenvalue weighted by Gasteiger charge is 2.27. The van der Waals surface area contributed by atoms with E-state index in [1.165, 1.54) is 0 Å². The van der Waals surface area contributed by atoms with Crippen molar-refractivity contribution in [2.45, 2.75) is 91.1 Å². The van der Waals surface area contributed by atoms with E-state index in [4.69, 9.17) is 9.47 Å². The molecule has 2 amide bonds. The lowest BCUT2D eigenvalue weighted by molar-refractivity contribution is -0.0533. The number of carboxylic acids is 1. The second kappa shape index (κ2) is 14.3. The van der Waals surface area contributed by atoms with Gasteiger partial charge in [-0.05, 0) is 75.1 Å². The van der Waals surface area contributed by atoms with E-state index in [1.807, 2.05) is 68.3 Å². The number of ether oxygens (including phenoxy) is 2. The van der Waals surface area contributed by atoms with Crippen LogP contribution in [0.1, 0.15) is 79.4 Å². The number of carbonyl (C=O) groups is 2. The Kier molecular flexibility index (Phi) is 11.2. The highest BCUT2D eigenvalue weighted by atomic mass is 16.5. The van der Waals surface area contributed by atoms with Crippen molar-refractivity contribution in [3.05, 3.63) is 64.7 Å². The first-order chi connectivity index (χ1) is 18.3. The lowest BCUT2D eigenvalue weighted by atomic mass is 9.94. The fourth-order valence-corrected chi connectivity index (χ4v) is 5.48. The van der Waals surface area contributed by atoms with Crippen molar-refractivity contribution in [1.82, 2.24) is 4.90 Å². The predicted molar refractivity (Wildman–Crippen MR) is 151 cm³/mol. The van der Waals surface area contributed by atoms with Crippen molar-refractivity contribution in [2.75, 3.05) is 25.1 Å². The summed E-state index contributed by atoms with van der Waals surface area (Å²) in [7, 11) is 1.84. The van der Waals surface area contributed by atoms with Crippen molar-refractivity contribution in [3.63, 3.8) is 0 Å². The van der Waals surface area contributed by atoms with Gasteiger partial charge >= 0.3 is 12.0 Å². The van der Waals surface area contributed by atoms with E-state index >= 15 is 0 Å². The van der Waals surface area contributed by atoms with Crippen LogP contribution in [0.3, 0.4) is 0 Å². The number of carboxylic acid groups (broad SMARTS) is 1. The molecule has 0 aliphatic heterocycles. The first kappa shape index (κ1) is 29.7. The Morgan fingerprint density at radius 2 is 1.63 bits per heavy atom. The molecule has 0 saturated heterocycles. The van der Waals surface area contributed by atoms with E-state index in [0.717, 1.165) is 55.3 Å². The van der Waals surface area contributed by atoms with Crippen molar-refractivity contribution in [2.24, 2.45) is 0 Å². The van der Waals surface area contributed by atoms with Crippen LogP contribution in [0.25, 0.3) is 0 Å². The molecule has 0 radical (unpaired) electrons. The smallest absolute Gasteiger partial charge is 0.336 e. The Hall–Kier alpha value is -2.90. The van der Waals surface area contributed by atoms with Gasteiger partial charge in [0.05, 0.1) is 31.0 Å². The van der Waals surface area contributed by atoms with Crippen molar-refractivity contribution < 1.29 is 24.2 Å². The molecule has 3 rings (SSSR count). The molecule has 7 heteroatoms. The van der Waals surface area contributed by atoms with Crippen molar-refractivity contribution in [3.8, 4) is 0 Å². The summed E-state index contributed by atoms with van der Waals surface area (Å²) >= 11 is 0. The minimum absolute atomic E-state index is 0.00570. The number of hydrogen-bond donors (Lipinski definition) is 1. The molecular formula is C31H44N2O5. The molecule has 1 saturated carbocycles. The SMILES string of the molecule is CCC(CC)N(CCO[C@H]1CCC[C@@H](OCc2cccc(C)c2C(=O)O)C1)C(=O)N(C)c1ccccc1C. The number of aromatic carboxylic acids is 1. The summed E-state index contributed by atoms with van der Waals surface area (Å²) in [5, 5.41) is 9.59. The molecule has 1 N–H and O–H groups in total. The largest absolute Gasteiger partial charge is 0.478 e. The number of hydrogen-bond acceptors (Lipinski definition) is 4. The predicted octanol–water partition coefficient (Wildman–Crippen LogP) is 6.59. The van der Waals surface area contributed by atoms with Gasteiger partial charge < -0.3 is 19.5 Å². The molecule has 1 aliphatic carbocycles. The average Bonchev–Trinajstić information content (AvgIpc) is 2.91. The van der Waals surface area contributed by atoms with Gasteiger partial charge in [-0.25, -0.2) is 9.59 Å². The number of nitrogens with zero attached hydrogens (tertiary/aromatic N) is 2. The highest BCUT2D eigenvalue weighted by molar-refractivity contribution is 5.92. The molecule has 0 aromatic heterocycles. The molecule has 0 heterocycles. The second-order valence-corrected chi connectivity index (χ2v) is 10.3. The molecule has 2 atom stereocenters. The van der Waals surface area contributed by atoms with E-state index < -0.39 is 5.97 Å². The van der Waals surface area contributed by atoms with Gasteiger partial charge in [0.25, 0.3) is 0 Å². The standard InChI is InChI=1S/C31H44N2O5/c1-6-25(7-2)33(31(36)32(5)28-17-9-8-12-22(28)3)18-19-37-26-15-11-16-27(20-26)38-21-24-14-10-13-23(4)29(24)30(34)35/h8-10,12-14,17,25-27H,6-7,11,15-16,18-21H2,1-5H3,(H,34,35)/t26-,27+/m0/s1. The molecule has 2 aromatic rings. The number of anilines is 1. The van der Waals surface area contributed by atoms with Gasteiger partial charge in [-0.2, -0.15) is 0 Å². The third-order valence-electron chi connectivity index (χ3n) is 7.70. The molecule has 1 fully saturated rings. The van der Waals surface area contributed by atoms with Crippen LogP contribution in [0.15, 0.2) is 42.5 Å². The Morgan fingerprint density at radius 3 is 2.29 bits per heavy atom. The molecule has 0 unspecified atom stereocenters. The number of rotatable bonds is 12. The molecule has 0 spiro atoms. The normalized spacial score (nSPS) is 17.4. The van der Waals surface area contributed by atoms with E-state index in [2.05, 4.69) is 13.8 Å². The first-order valence-electron chi connectivity index (χ1n) is 13.9. The van der Waals surface area contributed by atoms with E-state index in [-0.39, 0.29) is 30.9 Å². The molecule has 1 aliphatic rings. The van der Waals surface area contributed by atoms with Crippen LogP contribution in [-0.4, -0.2) is 60.5 Å². The van der Waals surface area contributed by atoms with Gasteiger partial charge in [0.2, 0.25) is 0 Å². The lowest BCUT2D eigenvalue weighted by Gasteiger charge is -2.35. The third kappa shape index (κ3) is 7.58. The summed E-state index contributed by atoms with van der Waals surface area (Å²) in [4.78, 5) is 28.9. The zero-order chi connectivity index (χ0) is 27.7. The minimum Gasteiger partial charge on any atom is -0.478 e. The molecule has 2 aromatic carbocycles. The van der Waals surface area contributed by atoms with Gasteiger partial charge in [0.15, 0.2) is 0 Å². The minimum atomic E-state index is -0.920. The Bertz CT molecular complexity index is 1070. The van der Waals surface area contributed by atoms with Crippen LogP contribution in [0.4, 0.5) is 10.5 Å². The maximum atomic E-state index is 13.5. The maximum Gasteiger partial charge on any atom is 0.336 e.